The fourth-order valence-electron chi connectivity index (χ4n) is 1.52. The average Bonchev–Trinajstić information content (AvgIpc) is 2.33. The summed E-state index contributed by atoms with van der Waals surface area (Å²) in [6.45, 7) is 3.42. The second kappa shape index (κ2) is 9.70. The third-order valence-electron chi connectivity index (χ3n) is 2.71. The summed E-state index contributed by atoms with van der Waals surface area (Å²) < 4.78 is 0. The lowest BCUT2D eigenvalue weighted by molar-refractivity contribution is -0.139. The molecule has 0 heterocycles. The Hall–Kier alpha value is -1.30. The molecular formula is C12H25N3O3. The minimum atomic E-state index is -0.972. The molecule has 0 aromatic heterocycles. The van der Waals surface area contributed by atoms with Gasteiger partial charge in [0.05, 0.1) is 0 Å². The van der Waals surface area contributed by atoms with Gasteiger partial charge in [0.2, 0.25) is 0 Å². The van der Waals surface area contributed by atoms with E-state index < -0.39 is 12.0 Å². The molecule has 0 saturated carbocycles. The van der Waals surface area contributed by atoms with Crippen LogP contribution in [0.15, 0.2) is 0 Å². The molecule has 0 aliphatic heterocycles. The van der Waals surface area contributed by atoms with Crippen LogP contribution in [0, 0.1) is 0 Å². The lowest BCUT2D eigenvalue weighted by atomic mass is 10.1. The first-order chi connectivity index (χ1) is 8.52. The first-order valence-electron chi connectivity index (χ1n) is 6.42. The predicted molar refractivity (Wildman–Crippen MR) is 70.7 cm³/mol. The standard InChI is InChI=1S/C12H25N3O3/c1-4-5-7-10(11(16)17)14-12(18)15(3)9-6-8-13-2/h10,13H,4-9H2,1-3H3,(H,14,18)(H,16,17). The van der Waals surface area contributed by atoms with Crippen molar-refractivity contribution in [2.24, 2.45) is 0 Å². The number of nitrogens with one attached hydrogen (secondary N) is 2. The van der Waals surface area contributed by atoms with Crippen LogP contribution in [0.2, 0.25) is 0 Å². The van der Waals surface area contributed by atoms with Crippen molar-refractivity contribution >= 4 is 12.0 Å². The molecule has 0 aliphatic rings. The second-order valence-electron chi connectivity index (χ2n) is 4.36. The Morgan fingerprint density at radius 2 is 2.00 bits per heavy atom. The summed E-state index contributed by atoms with van der Waals surface area (Å²) in [7, 11) is 3.52. The summed E-state index contributed by atoms with van der Waals surface area (Å²) in [5, 5.41) is 14.5. The number of carbonyl (C=O) groups excluding carboxylic acids is 1. The lowest BCUT2D eigenvalue weighted by Crippen LogP contribution is -2.47. The normalized spacial score (nSPS) is 11.9. The van der Waals surface area contributed by atoms with E-state index in [0.717, 1.165) is 25.8 Å². The third kappa shape index (κ3) is 7.11. The van der Waals surface area contributed by atoms with Gasteiger partial charge in [0, 0.05) is 13.6 Å². The molecule has 6 nitrogen and oxygen atoms in total. The van der Waals surface area contributed by atoms with Crippen molar-refractivity contribution in [2.45, 2.75) is 38.6 Å². The number of nitrogens with zero attached hydrogens (tertiary/aromatic N) is 1. The fourth-order valence-corrected chi connectivity index (χ4v) is 1.52. The molecule has 1 atom stereocenters. The van der Waals surface area contributed by atoms with E-state index in [0.29, 0.717) is 13.0 Å². The molecule has 3 N–H and O–H groups in total. The van der Waals surface area contributed by atoms with E-state index in [1.807, 2.05) is 14.0 Å². The summed E-state index contributed by atoms with van der Waals surface area (Å²) >= 11 is 0. The Balaban J connectivity index is 4.10. The van der Waals surface area contributed by atoms with E-state index in [1.54, 1.807) is 7.05 Å². The van der Waals surface area contributed by atoms with Crippen LogP contribution in [0.3, 0.4) is 0 Å². The van der Waals surface area contributed by atoms with Crippen molar-refractivity contribution in [3.63, 3.8) is 0 Å². The average molecular weight is 259 g/mol. The lowest BCUT2D eigenvalue weighted by Gasteiger charge is -2.21. The van der Waals surface area contributed by atoms with Crippen molar-refractivity contribution in [3.8, 4) is 0 Å². The SMILES string of the molecule is CCCCC(NC(=O)N(C)CCCNC)C(=O)O. The number of carbonyl (C=O) groups is 2. The van der Waals surface area contributed by atoms with Gasteiger partial charge in [-0.05, 0) is 26.4 Å². The zero-order valence-corrected chi connectivity index (χ0v) is 11.5. The Kier molecular flexibility index (Phi) is 9.00. The molecule has 1 unspecified atom stereocenters. The van der Waals surface area contributed by atoms with Crippen molar-refractivity contribution in [1.29, 1.82) is 0 Å². The van der Waals surface area contributed by atoms with Crippen LogP contribution < -0.4 is 10.6 Å². The van der Waals surface area contributed by atoms with Crippen molar-refractivity contribution in [1.82, 2.24) is 15.5 Å². The maximum absolute atomic E-state index is 11.7. The summed E-state index contributed by atoms with van der Waals surface area (Å²) in [4.78, 5) is 24.2. The van der Waals surface area contributed by atoms with Crippen LogP contribution in [0.1, 0.15) is 32.6 Å². The van der Waals surface area contributed by atoms with E-state index in [4.69, 9.17) is 5.11 Å². The molecule has 2 amide bonds. The molecule has 0 spiro atoms. The smallest absolute Gasteiger partial charge is 0.326 e. The highest BCUT2D eigenvalue weighted by Gasteiger charge is 2.20. The molecule has 106 valence electrons. The Morgan fingerprint density at radius 3 is 2.50 bits per heavy atom. The first kappa shape index (κ1) is 16.7. The van der Waals surface area contributed by atoms with Crippen molar-refractivity contribution in [3.05, 3.63) is 0 Å². The van der Waals surface area contributed by atoms with E-state index in [9.17, 15) is 9.59 Å². The van der Waals surface area contributed by atoms with Gasteiger partial charge in [-0.3, -0.25) is 0 Å². The number of hydrogen-bond acceptors (Lipinski definition) is 3. The Bertz CT molecular complexity index is 259. The summed E-state index contributed by atoms with van der Waals surface area (Å²) in [6.07, 6.45) is 3.02. The highest BCUT2D eigenvalue weighted by atomic mass is 16.4. The summed E-state index contributed by atoms with van der Waals surface area (Å²) in [5.41, 5.74) is 0. The molecule has 0 rings (SSSR count). The monoisotopic (exact) mass is 259 g/mol. The van der Waals surface area contributed by atoms with Gasteiger partial charge >= 0.3 is 12.0 Å². The maximum atomic E-state index is 11.7. The van der Waals surface area contributed by atoms with Gasteiger partial charge in [-0.1, -0.05) is 19.8 Å². The topological polar surface area (TPSA) is 81.7 Å². The number of carboxylic acid groups (broad SMARTS) is 1. The van der Waals surface area contributed by atoms with Gasteiger partial charge < -0.3 is 20.6 Å². The van der Waals surface area contributed by atoms with Crippen molar-refractivity contribution in [2.75, 3.05) is 27.2 Å². The number of urea groups is 1. The van der Waals surface area contributed by atoms with Gasteiger partial charge in [-0.2, -0.15) is 0 Å². The molecule has 0 fully saturated rings. The molecule has 0 aromatic rings. The molecule has 0 aromatic carbocycles. The van der Waals surface area contributed by atoms with Gasteiger partial charge in [-0.15, -0.1) is 0 Å². The molecule has 18 heavy (non-hydrogen) atoms. The summed E-state index contributed by atoms with van der Waals surface area (Å²) in [6, 6.07) is -1.11. The van der Waals surface area contributed by atoms with Gasteiger partial charge in [0.1, 0.15) is 6.04 Å². The third-order valence-corrected chi connectivity index (χ3v) is 2.71. The van der Waals surface area contributed by atoms with Gasteiger partial charge in [0.25, 0.3) is 0 Å². The Labute approximate surface area is 109 Å². The highest BCUT2D eigenvalue weighted by Crippen LogP contribution is 2.02. The van der Waals surface area contributed by atoms with E-state index in [-0.39, 0.29) is 6.03 Å². The van der Waals surface area contributed by atoms with Crippen LogP contribution in [0.5, 0.6) is 0 Å². The number of aliphatic carboxylic acids is 1. The number of rotatable bonds is 9. The molecule has 6 heteroatoms. The number of hydrogen-bond donors (Lipinski definition) is 3. The van der Waals surface area contributed by atoms with E-state index in [2.05, 4.69) is 10.6 Å². The zero-order valence-electron chi connectivity index (χ0n) is 11.5. The van der Waals surface area contributed by atoms with Crippen LogP contribution in [0.25, 0.3) is 0 Å². The van der Waals surface area contributed by atoms with Crippen LogP contribution in [-0.2, 0) is 4.79 Å². The molecule has 0 bridgehead atoms. The minimum Gasteiger partial charge on any atom is -0.480 e. The molecule has 0 radical (unpaired) electrons. The largest absolute Gasteiger partial charge is 0.480 e. The predicted octanol–water partition coefficient (Wildman–Crippen LogP) is 0.881. The zero-order chi connectivity index (χ0) is 14.0. The molecule has 0 aliphatic carbocycles. The van der Waals surface area contributed by atoms with E-state index >= 15 is 0 Å². The second-order valence-corrected chi connectivity index (χ2v) is 4.36. The Morgan fingerprint density at radius 1 is 1.33 bits per heavy atom. The summed E-state index contributed by atoms with van der Waals surface area (Å²) in [5.74, 6) is -0.972. The molecular weight excluding hydrogens is 234 g/mol. The van der Waals surface area contributed by atoms with Gasteiger partial charge in [0.15, 0.2) is 0 Å². The minimum absolute atomic E-state index is 0.324. The maximum Gasteiger partial charge on any atom is 0.326 e. The quantitative estimate of drug-likeness (QED) is 0.537. The highest BCUT2D eigenvalue weighted by molar-refractivity contribution is 5.82. The van der Waals surface area contributed by atoms with Crippen molar-refractivity contribution < 1.29 is 14.7 Å². The van der Waals surface area contributed by atoms with Crippen LogP contribution >= 0.6 is 0 Å². The van der Waals surface area contributed by atoms with Gasteiger partial charge in [-0.25, -0.2) is 9.59 Å². The fraction of sp³-hybridized carbons (Fsp3) is 0.833. The molecule has 0 saturated heterocycles. The number of unbranched alkanes of at least 4 members (excludes halogenated alkanes) is 1. The number of amides is 2. The van der Waals surface area contributed by atoms with E-state index in [1.165, 1.54) is 4.90 Å². The van der Waals surface area contributed by atoms with Crippen LogP contribution in [0.4, 0.5) is 4.79 Å². The first-order valence-corrected chi connectivity index (χ1v) is 6.42. The number of carboxylic acids is 1. The van der Waals surface area contributed by atoms with Crippen LogP contribution in [-0.4, -0.2) is 55.2 Å².